The fourth-order valence-electron chi connectivity index (χ4n) is 0.971. The Balaban J connectivity index is 3.12. The summed E-state index contributed by atoms with van der Waals surface area (Å²) >= 11 is 2.12. The zero-order valence-electron chi connectivity index (χ0n) is 7.58. The van der Waals surface area contributed by atoms with Gasteiger partial charge in [0.2, 0.25) is 0 Å². The third-order valence-corrected chi connectivity index (χ3v) is 2.65. The third kappa shape index (κ3) is 2.25. The summed E-state index contributed by atoms with van der Waals surface area (Å²) in [6.45, 7) is 3.47. The van der Waals surface area contributed by atoms with Gasteiger partial charge < -0.3 is 9.84 Å². The first-order valence-corrected chi connectivity index (χ1v) is 4.90. The van der Waals surface area contributed by atoms with Gasteiger partial charge in [-0.1, -0.05) is 12.6 Å². The van der Waals surface area contributed by atoms with Crippen LogP contribution < -0.4 is 4.74 Å². The van der Waals surface area contributed by atoms with Crippen molar-refractivity contribution in [3.8, 4) is 5.75 Å². The summed E-state index contributed by atoms with van der Waals surface area (Å²) in [7, 11) is 1.55. The highest BCUT2D eigenvalue weighted by Gasteiger charge is 2.09. The highest BCUT2D eigenvalue weighted by molar-refractivity contribution is 14.1. The maximum absolute atomic E-state index is 10.6. The lowest BCUT2D eigenvalue weighted by atomic mass is 10.1. The minimum atomic E-state index is -1.02. The molecule has 0 fully saturated rings. The largest absolute Gasteiger partial charge is 0.496 e. The molecule has 0 unspecified atom stereocenters. The van der Waals surface area contributed by atoms with Gasteiger partial charge in [-0.3, -0.25) is 0 Å². The first-order chi connectivity index (χ1) is 6.56. The molecule has 4 heteroatoms. The van der Waals surface area contributed by atoms with Crippen LogP contribution in [-0.2, 0) is 4.79 Å². The molecule has 3 nitrogen and oxygen atoms in total. The Morgan fingerprint density at radius 3 is 2.71 bits per heavy atom. The van der Waals surface area contributed by atoms with Crippen molar-refractivity contribution in [3.63, 3.8) is 0 Å². The van der Waals surface area contributed by atoms with Crippen LogP contribution in [0.25, 0.3) is 5.57 Å². The van der Waals surface area contributed by atoms with Crippen LogP contribution in [0.15, 0.2) is 24.8 Å². The maximum Gasteiger partial charge on any atom is 0.335 e. The number of carboxylic acids is 1. The van der Waals surface area contributed by atoms with Crippen LogP contribution in [0.4, 0.5) is 0 Å². The number of carboxylic acid groups (broad SMARTS) is 1. The fourth-order valence-corrected chi connectivity index (χ4v) is 1.53. The number of hydrogen-bond donors (Lipinski definition) is 1. The SMILES string of the molecule is C=C(C(=O)O)c1ccc(I)c(OC)c1. The molecule has 74 valence electrons. The molecule has 1 rings (SSSR count). The van der Waals surface area contributed by atoms with E-state index in [1.165, 1.54) is 0 Å². The van der Waals surface area contributed by atoms with Crippen LogP contribution in [0.5, 0.6) is 5.75 Å². The van der Waals surface area contributed by atoms with Crippen LogP contribution >= 0.6 is 22.6 Å². The van der Waals surface area contributed by atoms with E-state index < -0.39 is 5.97 Å². The minimum absolute atomic E-state index is 0.0692. The van der Waals surface area contributed by atoms with Gasteiger partial charge in [-0.15, -0.1) is 0 Å². The Labute approximate surface area is 95.5 Å². The number of halogens is 1. The quantitative estimate of drug-likeness (QED) is 0.689. The Bertz CT molecular complexity index is 385. The van der Waals surface area contributed by atoms with E-state index in [0.717, 1.165) is 3.57 Å². The van der Waals surface area contributed by atoms with Gasteiger partial charge in [0.25, 0.3) is 0 Å². The monoisotopic (exact) mass is 304 g/mol. The number of carbonyl (C=O) groups is 1. The lowest BCUT2D eigenvalue weighted by molar-refractivity contribution is -0.130. The molecule has 0 aliphatic rings. The van der Waals surface area contributed by atoms with Crippen molar-refractivity contribution in [3.05, 3.63) is 33.9 Å². The second-order valence-electron chi connectivity index (χ2n) is 2.63. The average Bonchev–Trinajstić information content (AvgIpc) is 2.17. The number of ether oxygens (including phenoxy) is 1. The number of aliphatic carboxylic acids is 1. The zero-order valence-corrected chi connectivity index (χ0v) is 9.74. The molecule has 0 saturated heterocycles. The first-order valence-electron chi connectivity index (χ1n) is 3.82. The zero-order chi connectivity index (χ0) is 10.7. The molecular weight excluding hydrogens is 295 g/mol. The summed E-state index contributed by atoms with van der Waals surface area (Å²) in [4.78, 5) is 10.6. The highest BCUT2D eigenvalue weighted by Crippen LogP contribution is 2.24. The molecule has 0 spiro atoms. The van der Waals surface area contributed by atoms with E-state index in [4.69, 9.17) is 9.84 Å². The molecular formula is C10H9IO3. The number of rotatable bonds is 3. The van der Waals surface area contributed by atoms with E-state index in [1.54, 1.807) is 25.3 Å². The predicted octanol–water partition coefficient (Wildman–Crippen LogP) is 2.40. The van der Waals surface area contributed by atoms with Gasteiger partial charge in [-0.25, -0.2) is 4.79 Å². The van der Waals surface area contributed by atoms with E-state index in [-0.39, 0.29) is 5.57 Å². The summed E-state index contributed by atoms with van der Waals surface area (Å²) in [5, 5.41) is 8.73. The van der Waals surface area contributed by atoms with E-state index in [1.807, 2.05) is 0 Å². The number of benzene rings is 1. The van der Waals surface area contributed by atoms with Crippen molar-refractivity contribution in [2.45, 2.75) is 0 Å². The van der Waals surface area contributed by atoms with E-state index in [9.17, 15) is 4.79 Å². The van der Waals surface area contributed by atoms with Crippen LogP contribution in [0, 0.1) is 3.57 Å². The molecule has 0 aliphatic carbocycles. The third-order valence-electron chi connectivity index (χ3n) is 1.76. The normalized spacial score (nSPS) is 9.57. The Kier molecular flexibility index (Phi) is 3.51. The lowest BCUT2D eigenvalue weighted by Gasteiger charge is -2.06. The standard InChI is InChI=1S/C10H9IO3/c1-6(10(12)13)7-3-4-8(11)9(5-7)14-2/h3-5H,1H2,2H3,(H,12,13). The summed E-state index contributed by atoms with van der Waals surface area (Å²) in [6, 6.07) is 5.17. The smallest absolute Gasteiger partial charge is 0.335 e. The summed E-state index contributed by atoms with van der Waals surface area (Å²) in [6.07, 6.45) is 0. The van der Waals surface area contributed by atoms with Crippen molar-refractivity contribution in [2.75, 3.05) is 7.11 Å². The second kappa shape index (κ2) is 4.45. The molecule has 0 saturated carbocycles. The number of methoxy groups -OCH3 is 1. The molecule has 0 atom stereocenters. The predicted molar refractivity (Wildman–Crippen MR) is 62.4 cm³/mol. The molecule has 0 heterocycles. The van der Waals surface area contributed by atoms with Crippen molar-refractivity contribution in [1.82, 2.24) is 0 Å². The van der Waals surface area contributed by atoms with Gasteiger partial charge >= 0.3 is 5.97 Å². The number of hydrogen-bond acceptors (Lipinski definition) is 2. The van der Waals surface area contributed by atoms with Gasteiger partial charge in [0, 0.05) is 0 Å². The molecule has 14 heavy (non-hydrogen) atoms. The van der Waals surface area contributed by atoms with Gasteiger partial charge in [0.15, 0.2) is 0 Å². The highest BCUT2D eigenvalue weighted by atomic mass is 127. The van der Waals surface area contributed by atoms with Crippen LogP contribution in [0.2, 0.25) is 0 Å². The maximum atomic E-state index is 10.6. The van der Waals surface area contributed by atoms with Crippen LogP contribution in [-0.4, -0.2) is 18.2 Å². The first kappa shape index (κ1) is 11.0. The lowest BCUT2D eigenvalue weighted by Crippen LogP contribution is -1.98. The molecule has 1 N–H and O–H groups in total. The minimum Gasteiger partial charge on any atom is -0.496 e. The molecule has 1 aromatic carbocycles. The molecule has 0 aromatic heterocycles. The molecule has 0 bridgehead atoms. The second-order valence-corrected chi connectivity index (χ2v) is 3.80. The van der Waals surface area contributed by atoms with E-state index >= 15 is 0 Å². The van der Waals surface area contributed by atoms with Crippen molar-refractivity contribution < 1.29 is 14.6 Å². The molecule has 0 aliphatic heterocycles. The Morgan fingerprint density at radius 1 is 1.57 bits per heavy atom. The topological polar surface area (TPSA) is 46.5 Å². The van der Waals surface area contributed by atoms with Crippen molar-refractivity contribution >= 4 is 34.1 Å². The molecule has 0 radical (unpaired) electrons. The molecule has 0 amide bonds. The van der Waals surface area contributed by atoms with E-state index in [0.29, 0.717) is 11.3 Å². The van der Waals surface area contributed by atoms with Crippen LogP contribution in [0.1, 0.15) is 5.56 Å². The average molecular weight is 304 g/mol. The molecule has 1 aromatic rings. The Hall–Kier alpha value is -1.04. The van der Waals surface area contributed by atoms with Gasteiger partial charge in [0.05, 0.1) is 16.3 Å². The van der Waals surface area contributed by atoms with E-state index in [2.05, 4.69) is 29.2 Å². The Morgan fingerprint density at radius 2 is 2.21 bits per heavy atom. The summed E-state index contributed by atoms with van der Waals surface area (Å²) < 4.78 is 6.01. The van der Waals surface area contributed by atoms with Crippen LogP contribution in [0.3, 0.4) is 0 Å². The van der Waals surface area contributed by atoms with Gasteiger partial charge in [-0.2, -0.15) is 0 Å². The van der Waals surface area contributed by atoms with Crippen molar-refractivity contribution in [1.29, 1.82) is 0 Å². The summed E-state index contributed by atoms with van der Waals surface area (Å²) in [5.74, 6) is -0.362. The van der Waals surface area contributed by atoms with Gasteiger partial charge in [-0.05, 0) is 40.3 Å². The van der Waals surface area contributed by atoms with Crippen molar-refractivity contribution in [2.24, 2.45) is 0 Å². The van der Waals surface area contributed by atoms with Gasteiger partial charge in [0.1, 0.15) is 5.75 Å². The summed E-state index contributed by atoms with van der Waals surface area (Å²) in [5.41, 5.74) is 0.634. The fraction of sp³-hybridized carbons (Fsp3) is 0.100.